The van der Waals surface area contributed by atoms with Crippen LogP contribution >= 0.6 is 11.6 Å². The Morgan fingerprint density at radius 3 is 2.35 bits per heavy atom. The molecule has 0 aliphatic heterocycles. The number of rotatable bonds is 5. The lowest BCUT2D eigenvalue weighted by Gasteiger charge is -2.17. The Labute approximate surface area is 157 Å². The van der Waals surface area contributed by atoms with Crippen molar-refractivity contribution < 1.29 is 4.79 Å². The molecule has 0 spiro atoms. The first-order valence-electron chi connectivity index (χ1n) is 8.62. The Bertz CT molecular complexity index is 1040. The van der Waals surface area contributed by atoms with Gasteiger partial charge in [-0.2, -0.15) is 0 Å². The Morgan fingerprint density at radius 2 is 1.62 bits per heavy atom. The minimum Gasteiger partial charge on any atom is -0.361 e. The molecule has 26 heavy (non-hydrogen) atoms. The smallest absolute Gasteiger partial charge is 0.163 e. The third-order valence-corrected chi connectivity index (χ3v) is 4.97. The van der Waals surface area contributed by atoms with Gasteiger partial charge in [-0.15, -0.1) is 0 Å². The maximum Gasteiger partial charge on any atom is 0.163 e. The number of fused-ring (bicyclic) bond motifs is 1. The third kappa shape index (κ3) is 3.29. The Hall–Kier alpha value is -2.84. The monoisotopic (exact) mass is 359 g/mol. The summed E-state index contributed by atoms with van der Waals surface area (Å²) in [6, 6.07) is 25.4. The van der Waals surface area contributed by atoms with E-state index in [4.69, 9.17) is 11.6 Å². The summed E-state index contributed by atoms with van der Waals surface area (Å²) in [5, 5.41) is 1.76. The quantitative estimate of drug-likeness (QED) is 0.421. The summed E-state index contributed by atoms with van der Waals surface area (Å²) >= 11 is 6.22. The molecule has 1 unspecified atom stereocenters. The maximum atomic E-state index is 12.9. The average Bonchev–Trinajstić information content (AvgIpc) is 3.10. The van der Waals surface area contributed by atoms with Crippen LogP contribution in [0.5, 0.6) is 0 Å². The number of hydrogen-bond donors (Lipinski definition) is 1. The normalized spacial score (nSPS) is 12.2. The molecular weight excluding hydrogens is 342 g/mol. The number of aromatic nitrogens is 1. The number of nitrogens with one attached hydrogen (secondary N) is 1. The van der Waals surface area contributed by atoms with E-state index in [0.717, 1.165) is 27.6 Å². The summed E-state index contributed by atoms with van der Waals surface area (Å²) in [5.41, 5.74) is 3.99. The molecule has 1 atom stereocenters. The summed E-state index contributed by atoms with van der Waals surface area (Å²) in [6.45, 7) is 0. The van der Waals surface area contributed by atoms with Gasteiger partial charge >= 0.3 is 0 Å². The van der Waals surface area contributed by atoms with Gasteiger partial charge in [-0.05, 0) is 29.3 Å². The van der Waals surface area contributed by atoms with Crippen LogP contribution < -0.4 is 0 Å². The van der Waals surface area contributed by atoms with Crippen LogP contribution in [0.3, 0.4) is 0 Å². The number of Topliss-reactive ketones (excluding diaryl/α,β-unsaturated/α-hetero) is 1. The molecule has 4 rings (SSSR count). The van der Waals surface area contributed by atoms with E-state index >= 15 is 0 Å². The fourth-order valence-corrected chi connectivity index (χ4v) is 3.59. The first kappa shape index (κ1) is 16.6. The number of H-pyrrole nitrogens is 1. The zero-order valence-corrected chi connectivity index (χ0v) is 14.9. The minimum atomic E-state index is -0.0314. The molecule has 0 aliphatic carbocycles. The van der Waals surface area contributed by atoms with Gasteiger partial charge < -0.3 is 4.98 Å². The molecule has 0 amide bonds. The number of hydrogen-bond acceptors (Lipinski definition) is 1. The summed E-state index contributed by atoms with van der Waals surface area (Å²) in [4.78, 5) is 16.2. The molecule has 0 bridgehead atoms. The van der Waals surface area contributed by atoms with Gasteiger partial charge in [-0.1, -0.05) is 72.3 Å². The molecule has 3 aromatic carbocycles. The molecule has 0 radical (unpaired) electrons. The Balaban J connectivity index is 1.78. The number of halogens is 1. The second kappa shape index (κ2) is 7.19. The Morgan fingerprint density at radius 1 is 0.923 bits per heavy atom. The second-order valence-corrected chi connectivity index (χ2v) is 6.83. The van der Waals surface area contributed by atoms with E-state index in [1.54, 1.807) is 0 Å². The predicted molar refractivity (Wildman–Crippen MR) is 107 cm³/mol. The van der Waals surface area contributed by atoms with Crippen LogP contribution in [-0.2, 0) is 0 Å². The number of carbonyl (C=O) groups is 1. The topological polar surface area (TPSA) is 32.9 Å². The van der Waals surface area contributed by atoms with Crippen molar-refractivity contribution in [3.8, 4) is 0 Å². The molecule has 0 saturated heterocycles. The highest BCUT2D eigenvalue weighted by molar-refractivity contribution is 6.31. The van der Waals surface area contributed by atoms with Crippen LogP contribution in [-0.4, -0.2) is 10.8 Å². The van der Waals surface area contributed by atoms with Gasteiger partial charge in [0.2, 0.25) is 0 Å². The van der Waals surface area contributed by atoms with Gasteiger partial charge in [0, 0.05) is 40.0 Å². The fraction of sp³-hybridized carbons (Fsp3) is 0.0870. The zero-order chi connectivity index (χ0) is 17.9. The van der Waals surface area contributed by atoms with Crippen molar-refractivity contribution in [3.63, 3.8) is 0 Å². The Kier molecular flexibility index (Phi) is 4.59. The number of aromatic amines is 1. The van der Waals surface area contributed by atoms with Crippen molar-refractivity contribution in [2.75, 3.05) is 0 Å². The third-order valence-electron chi connectivity index (χ3n) is 4.74. The molecule has 1 aromatic heterocycles. The van der Waals surface area contributed by atoms with E-state index in [-0.39, 0.29) is 11.7 Å². The molecule has 2 nitrogen and oxygen atoms in total. The molecule has 0 saturated carbocycles. The van der Waals surface area contributed by atoms with Crippen molar-refractivity contribution in [1.29, 1.82) is 0 Å². The molecule has 3 heteroatoms. The van der Waals surface area contributed by atoms with Crippen LogP contribution in [0.2, 0.25) is 5.02 Å². The van der Waals surface area contributed by atoms with Crippen molar-refractivity contribution >= 4 is 28.3 Å². The number of ketones is 1. The van der Waals surface area contributed by atoms with E-state index in [1.165, 1.54) is 0 Å². The van der Waals surface area contributed by atoms with Crippen molar-refractivity contribution in [1.82, 2.24) is 4.98 Å². The number of benzene rings is 3. The van der Waals surface area contributed by atoms with Gasteiger partial charge in [0.05, 0.1) is 0 Å². The SMILES string of the molecule is O=C(CC(c1ccccc1)c1c[nH]c2ccc(Cl)cc12)c1ccccc1. The lowest BCUT2D eigenvalue weighted by atomic mass is 9.85. The largest absolute Gasteiger partial charge is 0.361 e. The summed E-state index contributed by atoms with van der Waals surface area (Å²) < 4.78 is 0. The van der Waals surface area contributed by atoms with Crippen molar-refractivity contribution in [3.05, 3.63) is 107 Å². The van der Waals surface area contributed by atoms with Crippen molar-refractivity contribution in [2.24, 2.45) is 0 Å². The second-order valence-electron chi connectivity index (χ2n) is 6.39. The summed E-state index contributed by atoms with van der Waals surface area (Å²) in [7, 11) is 0. The summed E-state index contributed by atoms with van der Waals surface area (Å²) in [6.07, 6.45) is 2.41. The molecule has 1 N–H and O–H groups in total. The van der Waals surface area contributed by atoms with Gasteiger partial charge in [0.1, 0.15) is 0 Å². The van der Waals surface area contributed by atoms with E-state index in [0.29, 0.717) is 11.4 Å². The van der Waals surface area contributed by atoms with E-state index in [9.17, 15) is 4.79 Å². The van der Waals surface area contributed by atoms with E-state index in [1.807, 2.05) is 72.9 Å². The minimum absolute atomic E-state index is 0.0314. The predicted octanol–water partition coefficient (Wildman–Crippen LogP) is 6.23. The maximum absolute atomic E-state index is 12.9. The lowest BCUT2D eigenvalue weighted by Crippen LogP contribution is -2.09. The fourth-order valence-electron chi connectivity index (χ4n) is 3.42. The van der Waals surface area contributed by atoms with Crippen LogP contribution in [0, 0.1) is 0 Å². The first-order valence-corrected chi connectivity index (χ1v) is 9.00. The first-order chi connectivity index (χ1) is 12.7. The highest BCUT2D eigenvalue weighted by atomic mass is 35.5. The highest BCUT2D eigenvalue weighted by Gasteiger charge is 2.22. The summed E-state index contributed by atoms with van der Waals surface area (Å²) in [5.74, 6) is 0.104. The van der Waals surface area contributed by atoms with Gasteiger partial charge in [0.25, 0.3) is 0 Å². The van der Waals surface area contributed by atoms with E-state index < -0.39 is 0 Å². The van der Waals surface area contributed by atoms with Gasteiger partial charge in [-0.25, -0.2) is 0 Å². The van der Waals surface area contributed by atoms with E-state index in [2.05, 4.69) is 17.1 Å². The molecular formula is C23H18ClNO. The van der Waals surface area contributed by atoms with Crippen LogP contribution in [0.15, 0.2) is 85.1 Å². The highest BCUT2D eigenvalue weighted by Crippen LogP contribution is 2.35. The van der Waals surface area contributed by atoms with Gasteiger partial charge in [0.15, 0.2) is 5.78 Å². The molecule has 0 fully saturated rings. The average molecular weight is 360 g/mol. The van der Waals surface area contributed by atoms with Crippen LogP contribution in [0.4, 0.5) is 0 Å². The number of carbonyl (C=O) groups excluding carboxylic acids is 1. The lowest BCUT2D eigenvalue weighted by molar-refractivity contribution is 0.0978. The zero-order valence-electron chi connectivity index (χ0n) is 14.2. The van der Waals surface area contributed by atoms with Crippen molar-refractivity contribution in [2.45, 2.75) is 12.3 Å². The van der Waals surface area contributed by atoms with Crippen LogP contribution in [0.25, 0.3) is 10.9 Å². The molecule has 4 aromatic rings. The van der Waals surface area contributed by atoms with Crippen LogP contribution in [0.1, 0.15) is 33.8 Å². The van der Waals surface area contributed by atoms with Gasteiger partial charge in [-0.3, -0.25) is 4.79 Å². The molecule has 0 aliphatic rings. The standard InChI is InChI=1S/C23H18ClNO/c24-18-11-12-22-20(13-18)21(15-25-22)19(16-7-3-1-4-8-16)14-23(26)17-9-5-2-6-10-17/h1-13,15,19,25H,14H2. The molecule has 1 heterocycles. The molecule has 128 valence electrons.